The van der Waals surface area contributed by atoms with Crippen molar-refractivity contribution in [3.63, 3.8) is 0 Å². The van der Waals surface area contributed by atoms with Gasteiger partial charge < -0.3 is 0 Å². The van der Waals surface area contributed by atoms with E-state index >= 15 is 0 Å². The van der Waals surface area contributed by atoms with Gasteiger partial charge >= 0.3 is 0 Å². The second kappa shape index (κ2) is 8.28. The van der Waals surface area contributed by atoms with Gasteiger partial charge in [-0.15, -0.1) is 5.73 Å². The molecule has 1 rings (SSSR count). The van der Waals surface area contributed by atoms with Crippen molar-refractivity contribution in [2.75, 3.05) is 0 Å². The monoisotopic (exact) mass is 208 g/mol. The average Bonchev–Trinajstić information content (AvgIpc) is 2.34. The maximum atomic E-state index is 3.59. The Morgan fingerprint density at radius 3 is 2.69 bits per heavy atom. The Morgan fingerprint density at radius 1 is 1.12 bits per heavy atom. The van der Waals surface area contributed by atoms with Gasteiger partial charge in [0, 0.05) is 0 Å². The van der Waals surface area contributed by atoms with Crippen LogP contribution in [0.25, 0.3) is 6.08 Å². The van der Waals surface area contributed by atoms with Crippen LogP contribution in [0.5, 0.6) is 0 Å². The van der Waals surface area contributed by atoms with E-state index in [1.165, 1.54) is 5.56 Å². The van der Waals surface area contributed by atoms with Gasteiger partial charge in [-0.3, -0.25) is 0 Å². The second-order valence-electron chi connectivity index (χ2n) is 3.21. The minimum absolute atomic E-state index is 0.896. The zero-order valence-electron chi connectivity index (χ0n) is 9.34. The molecule has 0 atom stereocenters. The van der Waals surface area contributed by atoms with E-state index in [0.717, 1.165) is 6.42 Å². The zero-order chi connectivity index (χ0) is 11.5. The van der Waals surface area contributed by atoms with Crippen molar-refractivity contribution in [3.8, 4) is 0 Å². The van der Waals surface area contributed by atoms with Crippen LogP contribution < -0.4 is 0 Å². The average molecular weight is 208 g/mol. The van der Waals surface area contributed by atoms with E-state index in [0.29, 0.717) is 0 Å². The molecule has 0 heteroatoms. The molecule has 16 heavy (non-hydrogen) atoms. The Balaban J connectivity index is 2.36. The third kappa shape index (κ3) is 5.64. The maximum Gasteiger partial charge on any atom is -0.00896 e. The van der Waals surface area contributed by atoms with Gasteiger partial charge in [-0.2, -0.15) is 0 Å². The largest absolute Gasteiger partial charge is 0.125 e. The van der Waals surface area contributed by atoms with Crippen LogP contribution in [-0.2, 0) is 0 Å². The van der Waals surface area contributed by atoms with E-state index < -0.39 is 0 Å². The summed E-state index contributed by atoms with van der Waals surface area (Å²) >= 11 is 0. The van der Waals surface area contributed by atoms with Crippen molar-refractivity contribution in [1.29, 1.82) is 0 Å². The third-order valence-corrected chi connectivity index (χ3v) is 1.92. The molecule has 0 aliphatic rings. The van der Waals surface area contributed by atoms with Crippen LogP contribution in [0.1, 0.15) is 12.0 Å². The summed E-state index contributed by atoms with van der Waals surface area (Å²) in [6.45, 7) is 3.59. The summed E-state index contributed by atoms with van der Waals surface area (Å²) in [4.78, 5) is 0. The van der Waals surface area contributed by atoms with Gasteiger partial charge in [0.25, 0.3) is 0 Å². The summed E-state index contributed by atoms with van der Waals surface area (Å²) in [5, 5.41) is 0. The first-order valence-corrected chi connectivity index (χ1v) is 5.33. The van der Waals surface area contributed by atoms with Crippen molar-refractivity contribution in [2.45, 2.75) is 6.42 Å². The molecule has 0 nitrogen and oxygen atoms in total. The molecule has 0 fully saturated rings. The van der Waals surface area contributed by atoms with Gasteiger partial charge in [0.2, 0.25) is 0 Å². The van der Waals surface area contributed by atoms with Crippen LogP contribution >= 0.6 is 0 Å². The lowest BCUT2D eigenvalue weighted by Gasteiger charge is -1.88. The molecule has 0 N–H and O–H groups in total. The van der Waals surface area contributed by atoms with Crippen LogP contribution in [0, 0.1) is 0 Å². The molecule has 0 saturated carbocycles. The number of hydrogen-bond donors (Lipinski definition) is 0. The van der Waals surface area contributed by atoms with Gasteiger partial charge in [-0.1, -0.05) is 67.3 Å². The molecule has 0 radical (unpaired) electrons. The molecule has 80 valence electrons. The van der Waals surface area contributed by atoms with E-state index in [1.54, 1.807) is 6.08 Å². The summed E-state index contributed by atoms with van der Waals surface area (Å²) < 4.78 is 0. The van der Waals surface area contributed by atoms with Crippen LogP contribution in [-0.4, -0.2) is 0 Å². The van der Waals surface area contributed by atoms with E-state index in [1.807, 2.05) is 42.5 Å². The lowest BCUT2D eigenvalue weighted by molar-refractivity contribution is 1.41. The molecule has 0 amide bonds. The molecule has 0 aliphatic heterocycles. The Labute approximate surface area is 97.6 Å². The van der Waals surface area contributed by atoms with Gasteiger partial charge in [0.1, 0.15) is 0 Å². The number of hydrogen-bond acceptors (Lipinski definition) is 0. The van der Waals surface area contributed by atoms with Gasteiger partial charge in [-0.05, 0) is 24.1 Å². The maximum absolute atomic E-state index is 3.59. The summed E-state index contributed by atoms with van der Waals surface area (Å²) in [5.41, 5.74) is 4.30. The number of rotatable bonds is 5. The van der Waals surface area contributed by atoms with Crippen LogP contribution in [0.3, 0.4) is 0 Å². The first-order chi connectivity index (χ1) is 7.93. The van der Waals surface area contributed by atoms with Crippen LogP contribution in [0.2, 0.25) is 0 Å². The predicted octanol–water partition coefficient (Wildman–Crippen LogP) is 4.54. The highest BCUT2D eigenvalue weighted by Gasteiger charge is 1.80. The fraction of sp³-hybridized carbons (Fsp3) is 0.0625. The highest BCUT2D eigenvalue weighted by atomic mass is 13.9. The molecule has 0 aromatic heterocycles. The summed E-state index contributed by atoms with van der Waals surface area (Å²) in [5.74, 6) is 0. The molecule has 1 aromatic rings. The highest BCUT2D eigenvalue weighted by molar-refractivity contribution is 5.48. The van der Waals surface area contributed by atoms with Gasteiger partial charge in [0.05, 0.1) is 0 Å². The minimum Gasteiger partial charge on any atom is -0.125 e. The zero-order valence-corrected chi connectivity index (χ0v) is 9.34. The molecule has 0 saturated heterocycles. The Bertz CT molecular complexity index is 413. The predicted molar refractivity (Wildman–Crippen MR) is 72.1 cm³/mol. The topological polar surface area (TPSA) is 0 Å². The first kappa shape index (κ1) is 12.0. The first-order valence-electron chi connectivity index (χ1n) is 5.33. The normalized spacial score (nSPS) is 10.2. The molecular formula is C16H16. The molecule has 0 heterocycles. The third-order valence-electron chi connectivity index (χ3n) is 1.92. The van der Waals surface area contributed by atoms with Crippen molar-refractivity contribution in [3.05, 3.63) is 84.7 Å². The van der Waals surface area contributed by atoms with Crippen molar-refractivity contribution >= 4 is 6.08 Å². The fourth-order valence-electron chi connectivity index (χ4n) is 1.16. The van der Waals surface area contributed by atoms with Gasteiger partial charge in [-0.25, -0.2) is 0 Å². The Kier molecular flexibility index (Phi) is 6.23. The lowest BCUT2D eigenvalue weighted by Crippen LogP contribution is -1.67. The standard InChI is InChI=1S/C16H16/c1-2-3-4-5-6-7-8-10-13-16-14-11-9-12-15-16/h2-5,7,9-15H,1,8H2. The minimum atomic E-state index is 0.896. The number of allylic oxidation sites excluding steroid dienone is 5. The fourth-order valence-corrected chi connectivity index (χ4v) is 1.16. The molecule has 0 spiro atoms. The second-order valence-corrected chi connectivity index (χ2v) is 3.21. The van der Waals surface area contributed by atoms with E-state index in [9.17, 15) is 0 Å². The smallest absolute Gasteiger partial charge is 0.00896 e. The quantitative estimate of drug-likeness (QED) is 0.492. The summed E-state index contributed by atoms with van der Waals surface area (Å²) in [7, 11) is 0. The van der Waals surface area contributed by atoms with Crippen molar-refractivity contribution < 1.29 is 0 Å². The lowest BCUT2D eigenvalue weighted by atomic mass is 10.2. The van der Waals surface area contributed by atoms with E-state index in [-0.39, 0.29) is 0 Å². The Morgan fingerprint density at radius 2 is 1.94 bits per heavy atom. The highest BCUT2D eigenvalue weighted by Crippen LogP contribution is 2.01. The van der Waals surface area contributed by atoms with Crippen molar-refractivity contribution in [1.82, 2.24) is 0 Å². The Hall–Kier alpha value is -2.04. The molecule has 0 aliphatic carbocycles. The molecule has 1 aromatic carbocycles. The van der Waals surface area contributed by atoms with E-state index in [2.05, 4.69) is 36.6 Å². The number of benzene rings is 1. The van der Waals surface area contributed by atoms with Gasteiger partial charge in [0.15, 0.2) is 0 Å². The van der Waals surface area contributed by atoms with Crippen molar-refractivity contribution in [2.24, 2.45) is 0 Å². The summed E-state index contributed by atoms with van der Waals surface area (Å²) in [6.07, 6.45) is 14.5. The van der Waals surface area contributed by atoms with E-state index in [4.69, 9.17) is 0 Å². The molecule has 0 unspecified atom stereocenters. The SMILES string of the molecule is C=CC=CC=C=CCC=Cc1ccccc1. The van der Waals surface area contributed by atoms with Crippen LogP contribution in [0.15, 0.2) is 79.1 Å². The molecule has 0 bridgehead atoms. The molecular weight excluding hydrogens is 192 g/mol. The summed E-state index contributed by atoms with van der Waals surface area (Å²) in [6, 6.07) is 10.3. The van der Waals surface area contributed by atoms with Crippen LogP contribution in [0.4, 0.5) is 0 Å².